The first kappa shape index (κ1) is 25.2. The number of halogens is 1. The average Bonchev–Trinajstić information content (AvgIpc) is 3.12. The number of aryl methyl sites for hydroxylation is 1. The SMILES string of the molecule is COc1cc(C=NN=C2NC(=O)C(CC(=O)O)S2)cc(Br)c1OCC(=O)Nc1ccc(C)cc1. The Morgan fingerprint density at radius 1 is 1.29 bits per heavy atom. The van der Waals surface area contributed by atoms with Crippen molar-refractivity contribution < 1.29 is 29.0 Å². The van der Waals surface area contributed by atoms with Crippen LogP contribution in [0.4, 0.5) is 5.69 Å². The third kappa shape index (κ3) is 7.06. The van der Waals surface area contributed by atoms with Crippen LogP contribution in [0, 0.1) is 6.92 Å². The van der Waals surface area contributed by atoms with Crippen LogP contribution in [0.2, 0.25) is 0 Å². The van der Waals surface area contributed by atoms with E-state index in [1.807, 2.05) is 31.2 Å². The molecule has 0 saturated carbocycles. The number of amidine groups is 1. The molecule has 2 amide bonds. The first-order valence-electron chi connectivity index (χ1n) is 9.92. The van der Waals surface area contributed by atoms with Crippen LogP contribution in [0.3, 0.4) is 0 Å². The second-order valence-electron chi connectivity index (χ2n) is 7.08. The molecule has 1 fully saturated rings. The first-order chi connectivity index (χ1) is 16.2. The molecule has 1 aliphatic rings. The van der Waals surface area contributed by atoms with Crippen LogP contribution < -0.4 is 20.1 Å². The van der Waals surface area contributed by atoms with Crippen molar-refractivity contribution in [3.63, 3.8) is 0 Å². The molecular weight excluding hydrogens is 528 g/mol. The lowest BCUT2D eigenvalue weighted by Crippen LogP contribution is -2.26. The first-order valence-corrected chi connectivity index (χ1v) is 11.6. The summed E-state index contributed by atoms with van der Waals surface area (Å²) in [5.74, 6) is -1.09. The highest BCUT2D eigenvalue weighted by atomic mass is 79.9. The largest absolute Gasteiger partial charge is 0.493 e. The van der Waals surface area contributed by atoms with Crippen LogP contribution in [-0.4, -0.2) is 53.2 Å². The van der Waals surface area contributed by atoms with E-state index in [4.69, 9.17) is 14.6 Å². The van der Waals surface area contributed by atoms with Gasteiger partial charge in [-0.1, -0.05) is 29.5 Å². The molecule has 178 valence electrons. The van der Waals surface area contributed by atoms with Gasteiger partial charge >= 0.3 is 5.97 Å². The molecule has 1 saturated heterocycles. The number of nitrogens with zero attached hydrogens (tertiary/aromatic N) is 2. The Morgan fingerprint density at radius 2 is 2.03 bits per heavy atom. The molecule has 0 aliphatic carbocycles. The van der Waals surface area contributed by atoms with Gasteiger partial charge in [-0.15, -0.1) is 5.10 Å². The zero-order chi connectivity index (χ0) is 24.7. The van der Waals surface area contributed by atoms with E-state index in [1.165, 1.54) is 13.3 Å². The minimum atomic E-state index is -1.07. The molecule has 3 N–H and O–H groups in total. The number of methoxy groups -OCH3 is 1. The Morgan fingerprint density at radius 3 is 2.71 bits per heavy atom. The molecule has 3 rings (SSSR count). The number of anilines is 1. The lowest BCUT2D eigenvalue weighted by atomic mass is 10.2. The molecule has 34 heavy (non-hydrogen) atoms. The van der Waals surface area contributed by atoms with Crippen molar-refractivity contribution in [2.45, 2.75) is 18.6 Å². The quantitative estimate of drug-likeness (QED) is 0.323. The van der Waals surface area contributed by atoms with Gasteiger partial charge < -0.3 is 25.2 Å². The molecule has 1 unspecified atom stereocenters. The highest BCUT2D eigenvalue weighted by Gasteiger charge is 2.32. The van der Waals surface area contributed by atoms with Crippen molar-refractivity contribution in [3.8, 4) is 11.5 Å². The highest BCUT2D eigenvalue weighted by molar-refractivity contribution is 9.10. The van der Waals surface area contributed by atoms with E-state index < -0.39 is 17.1 Å². The van der Waals surface area contributed by atoms with E-state index in [2.05, 4.69) is 36.8 Å². The molecule has 1 atom stereocenters. The molecule has 1 heterocycles. The Hall–Kier alpha value is -3.38. The van der Waals surface area contributed by atoms with E-state index in [-0.39, 0.29) is 24.1 Å². The summed E-state index contributed by atoms with van der Waals surface area (Å²) in [4.78, 5) is 34.8. The zero-order valence-corrected chi connectivity index (χ0v) is 20.6. The van der Waals surface area contributed by atoms with Gasteiger partial charge in [0.1, 0.15) is 5.25 Å². The number of rotatable bonds is 9. The van der Waals surface area contributed by atoms with Crippen molar-refractivity contribution in [1.82, 2.24) is 5.32 Å². The lowest BCUT2D eigenvalue weighted by molar-refractivity contribution is -0.138. The lowest BCUT2D eigenvalue weighted by Gasteiger charge is -2.13. The van der Waals surface area contributed by atoms with Gasteiger partial charge in [0.15, 0.2) is 23.3 Å². The predicted octanol–water partition coefficient (Wildman–Crippen LogP) is 3.18. The Balaban J connectivity index is 1.62. The highest BCUT2D eigenvalue weighted by Crippen LogP contribution is 2.36. The second-order valence-corrected chi connectivity index (χ2v) is 9.13. The average molecular weight is 549 g/mol. The standard InChI is InChI=1S/C22H21BrN4O6S/c1-12-3-5-14(6-4-12)25-18(28)11-33-20-15(23)7-13(8-16(20)32-2)10-24-27-22-26-21(31)17(34-22)9-19(29)30/h3-8,10,17H,9,11H2,1-2H3,(H,25,28)(H,29,30)(H,26,27,31). The van der Waals surface area contributed by atoms with Gasteiger partial charge in [-0.25, -0.2) is 0 Å². The van der Waals surface area contributed by atoms with Gasteiger partial charge in [0, 0.05) is 5.69 Å². The third-order valence-corrected chi connectivity index (χ3v) is 6.09. The van der Waals surface area contributed by atoms with Crippen LogP contribution >= 0.6 is 27.7 Å². The molecule has 0 spiro atoms. The van der Waals surface area contributed by atoms with Gasteiger partial charge in [0.05, 0.1) is 24.2 Å². The number of carboxylic acids is 1. The number of carbonyl (C=O) groups excluding carboxylic acids is 2. The number of nitrogens with one attached hydrogen (secondary N) is 2. The van der Waals surface area contributed by atoms with E-state index in [0.29, 0.717) is 27.2 Å². The molecule has 12 heteroatoms. The summed E-state index contributed by atoms with van der Waals surface area (Å²) in [5, 5.41) is 21.4. The molecular formula is C22H21BrN4O6S. The van der Waals surface area contributed by atoms with Crippen molar-refractivity contribution in [3.05, 3.63) is 52.0 Å². The summed E-state index contributed by atoms with van der Waals surface area (Å²) in [7, 11) is 1.47. The van der Waals surface area contributed by atoms with Crippen LogP contribution in [0.15, 0.2) is 51.1 Å². The van der Waals surface area contributed by atoms with Crippen molar-refractivity contribution >= 4 is 62.5 Å². The minimum absolute atomic E-state index is 0.220. The van der Waals surface area contributed by atoms with Crippen molar-refractivity contribution in [2.24, 2.45) is 10.2 Å². The number of amides is 2. The fourth-order valence-electron chi connectivity index (χ4n) is 2.82. The minimum Gasteiger partial charge on any atom is -0.493 e. The van der Waals surface area contributed by atoms with Gasteiger partial charge in [0.2, 0.25) is 5.91 Å². The second kappa shape index (κ2) is 11.7. The summed E-state index contributed by atoms with van der Waals surface area (Å²) in [6, 6.07) is 10.8. The summed E-state index contributed by atoms with van der Waals surface area (Å²) in [6.07, 6.45) is 1.14. The smallest absolute Gasteiger partial charge is 0.305 e. The molecule has 2 aromatic carbocycles. The molecule has 1 aliphatic heterocycles. The van der Waals surface area contributed by atoms with Crippen LogP contribution in [0.1, 0.15) is 17.5 Å². The molecule has 0 aromatic heterocycles. The Kier molecular flexibility index (Phi) is 8.66. The number of carboxylic acid groups (broad SMARTS) is 1. The predicted molar refractivity (Wildman–Crippen MR) is 133 cm³/mol. The van der Waals surface area contributed by atoms with Crippen LogP contribution in [0.5, 0.6) is 11.5 Å². The Labute approximate surface area is 207 Å². The summed E-state index contributed by atoms with van der Waals surface area (Å²) in [6.45, 7) is 1.74. The number of benzene rings is 2. The maximum Gasteiger partial charge on any atom is 0.305 e. The van der Waals surface area contributed by atoms with E-state index in [9.17, 15) is 14.4 Å². The number of carbonyl (C=O) groups is 3. The zero-order valence-electron chi connectivity index (χ0n) is 18.2. The fraction of sp³-hybridized carbons (Fsp3) is 0.227. The Bertz CT molecular complexity index is 1150. The van der Waals surface area contributed by atoms with E-state index in [1.54, 1.807) is 12.1 Å². The molecule has 0 bridgehead atoms. The molecule has 0 radical (unpaired) electrons. The number of aliphatic carboxylic acids is 1. The van der Waals surface area contributed by atoms with E-state index >= 15 is 0 Å². The van der Waals surface area contributed by atoms with E-state index in [0.717, 1.165) is 17.3 Å². The molecule has 2 aromatic rings. The summed E-state index contributed by atoms with van der Waals surface area (Å²) < 4.78 is 11.6. The maximum atomic E-state index is 12.2. The number of ether oxygens (including phenoxy) is 2. The van der Waals surface area contributed by atoms with Gasteiger partial charge in [-0.3, -0.25) is 14.4 Å². The van der Waals surface area contributed by atoms with Crippen molar-refractivity contribution in [2.75, 3.05) is 19.0 Å². The number of hydrogen-bond donors (Lipinski definition) is 3. The molecule has 10 nitrogen and oxygen atoms in total. The normalized spacial score (nSPS) is 16.5. The van der Waals surface area contributed by atoms with Crippen LogP contribution in [0.25, 0.3) is 0 Å². The third-order valence-electron chi connectivity index (χ3n) is 4.43. The van der Waals surface area contributed by atoms with Crippen LogP contribution in [-0.2, 0) is 14.4 Å². The summed E-state index contributed by atoms with van der Waals surface area (Å²) in [5.41, 5.74) is 2.37. The van der Waals surface area contributed by atoms with Gasteiger partial charge in [-0.2, -0.15) is 5.10 Å². The maximum absolute atomic E-state index is 12.2. The summed E-state index contributed by atoms with van der Waals surface area (Å²) >= 11 is 4.42. The van der Waals surface area contributed by atoms with Crippen molar-refractivity contribution in [1.29, 1.82) is 0 Å². The number of hydrogen-bond acceptors (Lipinski definition) is 8. The van der Waals surface area contributed by atoms with Gasteiger partial charge in [-0.05, 0) is 52.7 Å². The number of thioether (sulfide) groups is 1. The van der Waals surface area contributed by atoms with Gasteiger partial charge in [0.25, 0.3) is 5.91 Å². The fourth-order valence-corrected chi connectivity index (χ4v) is 4.31. The monoisotopic (exact) mass is 548 g/mol. The topological polar surface area (TPSA) is 139 Å².